The monoisotopic (exact) mass is 340 g/mol. The van der Waals surface area contributed by atoms with Crippen LogP contribution in [0.15, 0.2) is 79.1 Å². The maximum atomic E-state index is 5.98. The van der Waals surface area contributed by atoms with Crippen LogP contribution in [0.1, 0.15) is 0 Å². The van der Waals surface area contributed by atoms with Gasteiger partial charge in [0.2, 0.25) is 0 Å². The predicted molar refractivity (Wildman–Crippen MR) is 81.6 cm³/mol. The van der Waals surface area contributed by atoms with Gasteiger partial charge in [-0.15, -0.1) is 0 Å². The summed E-state index contributed by atoms with van der Waals surface area (Å²) in [7, 11) is 0. The van der Waals surface area contributed by atoms with Gasteiger partial charge in [-0.3, -0.25) is 0 Å². The van der Waals surface area contributed by atoms with E-state index in [0.29, 0.717) is 11.8 Å². The number of pyridine rings is 2. The van der Waals surface area contributed by atoms with Crippen LogP contribution >= 0.6 is 0 Å². The number of benzene rings is 1. The van der Waals surface area contributed by atoms with Gasteiger partial charge >= 0.3 is 128 Å². The Kier molecular flexibility index (Phi) is 4.49. The molecule has 0 aliphatic heterocycles. The first-order chi connectivity index (χ1) is 10.4. The molecule has 4 nitrogen and oxygen atoms in total. The van der Waals surface area contributed by atoms with E-state index in [4.69, 9.17) is 7.45 Å². The molecule has 1 aromatic carbocycles. The number of aromatic nitrogens is 2. The van der Waals surface area contributed by atoms with Gasteiger partial charge in [0.1, 0.15) is 0 Å². The van der Waals surface area contributed by atoms with E-state index < -0.39 is 15.3 Å². The van der Waals surface area contributed by atoms with Crippen molar-refractivity contribution in [3.63, 3.8) is 0 Å². The minimum atomic E-state index is -2.25. The number of hydrogen-bond donors (Lipinski definition) is 0. The summed E-state index contributed by atoms with van der Waals surface area (Å²) in [5.74, 6) is 1.13. The van der Waals surface area contributed by atoms with E-state index in [1.54, 1.807) is 12.4 Å². The van der Waals surface area contributed by atoms with Crippen molar-refractivity contribution in [2.45, 2.75) is 0 Å². The zero-order valence-corrected chi connectivity index (χ0v) is 13.0. The molecule has 0 bridgehead atoms. The average molecular weight is 340 g/mol. The fourth-order valence-corrected chi connectivity index (χ4v) is 4.20. The van der Waals surface area contributed by atoms with Crippen LogP contribution in [0.2, 0.25) is 0 Å². The molecule has 3 aromatic rings. The van der Waals surface area contributed by atoms with Gasteiger partial charge in [0.05, 0.1) is 0 Å². The average Bonchev–Trinajstić information content (AvgIpc) is 2.57. The molecular weight excluding hydrogens is 327 g/mol. The van der Waals surface area contributed by atoms with Gasteiger partial charge in [-0.1, -0.05) is 0 Å². The van der Waals surface area contributed by atoms with Crippen LogP contribution in [0.25, 0.3) is 0 Å². The summed E-state index contributed by atoms with van der Waals surface area (Å²) in [6, 6.07) is 21.1. The van der Waals surface area contributed by atoms with E-state index in [0.717, 1.165) is 4.35 Å². The molecule has 0 unspecified atom stereocenters. The third-order valence-corrected chi connectivity index (χ3v) is 5.59. The van der Waals surface area contributed by atoms with E-state index in [-0.39, 0.29) is 0 Å². The molecular formula is C16H13AsN2O2. The summed E-state index contributed by atoms with van der Waals surface area (Å²) >= 11 is -2.25. The Hall–Kier alpha value is -2.32. The third-order valence-electron chi connectivity index (χ3n) is 2.60. The van der Waals surface area contributed by atoms with Crippen molar-refractivity contribution in [2.75, 3.05) is 0 Å². The second kappa shape index (κ2) is 6.91. The molecule has 0 spiro atoms. The first kappa shape index (κ1) is 13.7. The van der Waals surface area contributed by atoms with E-state index in [1.165, 1.54) is 0 Å². The van der Waals surface area contributed by atoms with E-state index >= 15 is 0 Å². The van der Waals surface area contributed by atoms with Gasteiger partial charge in [0.15, 0.2) is 0 Å². The zero-order chi connectivity index (χ0) is 14.3. The Bertz CT molecular complexity index is 624. The first-order valence-electron chi connectivity index (χ1n) is 6.45. The van der Waals surface area contributed by atoms with Crippen LogP contribution in [0.3, 0.4) is 0 Å². The van der Waals surface area contributed by atoms with Crippen molar-refractivity contribution in [2.24, 2.45) is 0 Å². The topological polar surface area (TPSA) is 44.2 Å². The minimum absolute atomic E-state index is 0.567. The SMILES string of the molecule is c1ccc([As](Oc2ccccn2)Oc2ccccn2)cc1. The van der Waals surface area contributed by atoms with Crippen LogP contribution < -0.4 is 11.8 Å². The first-order valence-corrected chi connectivity index (χ1v) is 8.92. The van der Waals surface area contributed by atoms with Gasteiger partial charge in [0, 0.05) is 0 Å². The molecule has 2 heterocycles. The van der Waals surface area contributed by atoms with Crippen LogP contribution in [-0.2, 0) is 0 Å². The van der Waals surface area contributed by atoms with E-state index in [1.807, 2.05) is 66.7 Å². The molecule has 0 saturated carbocycles. The summed E-state index contributed by atoms with van der Waals surface area (Å²) in [4.78, 5) is 8.40. The molecule has 3 rings (SSSR count). The van der Waals surface area contributed by atoms with E-state index in [2.05, 4.69) is 9.97 Å². The molecule has 5 heteroatoms. The van der Waals surface area contributed by atoms with Crippen molar-refractivity contribution in [1.82, 2.24) is 9.97 Å². The Labute approximate surface area is 128 Å². The Morgan fingerprint density at radius 3 is 1.62 bits per heavy atom. The fourth-order valence-electron chi connectivity index (χ4n) is 1.65. The molecule has 0 fully saturated rings. The molecule has 2 aromatic heterocycles. The van der Waals surface area contributed by atoms with Crippen molar-refractivity contribution < 1.29 is 7.45 Å². The van der Waals surface area contributed by atoms with Crippen molar-refractivity contribution in [3.8, 4) is 11.8 Å². The molecule has 21 heavy (non-hydrogen) atoms. The number of nitrogens with zero attached hydrogens (tertiary/aromatic N) is 2. The van der Waals surface area contributed by atoms with Gasteiger partial charge in [-0.25, -0.2) is 0 Å². The molecule has 0 radical (unpaired) electrons. The number of rotatable bonds is 5. The molecule has 0 atom stereocenters. The summed E-state index contributed by atoms with van der Waals surface area (Å²) in [5, 5.41) is 0. The normalized spacial score (nSPS) is 10.3. The molecule has 0 amide bonds. The van der Waals surface area contributed by atoms with Crippen LogP contribution in [0.4, 0.5) is 0 Å². The summed E-state index contributed by atoms with van der Waals surface area (Å²) in [6.07, 6.45) is 3.40. The van der Waals surface area contributed by atoms with Crippen molar-refractivity contribution in [1.29, 1.82) is 0 Å². The second-order valence-corrected chi connectivity index (χ2v) is 7.04. The molecule has 0 N–H and O–H groups in total. The Morgan fingerprint density at radius 1 is 0.619 bits per heavy atom. The predicted octanol–water partition coefficient (Wildman–Crippen LogP) is 2.33. The molecule has 104 valence electrons. The third kappa shape index (κ3) is 3.83. The Morgan fingerprint density at radius 2 is 1.14 bits per heavy atom. The second-order valence-electron chi connectivity index (χ2n) is 4.11. The van der Waals surface area contributed by atoms with Gasteiger partial charge in [-0.05, 0) is 0 Å². The molecule has 0 aliphatic carbocycles. The van der Waals surface area contributed by atoms with Crippen LogP contribution in [0, 0.1) is 0 Å². The standard InChI is InChI=1S/C16H13AsN2O2/c1-2-8-14(9-3-1)17(20-15-10-4-6-12-18-15)21-16-11-5-7-13-19-16/h1-13H. The maximum absolute atomic E-state index is 5.98. The van der Waals surface area contributed by atoms with Gasteiger partial charge in [0.25, 0.3) is 0 Å². The number of hydrogen-bond acceptors (Lipinski definition) is 4. The quantitative estimate of drug-likeness (QED) is 0.669. The van der Waals surface area contributed by atoms with Crippen molar-refractivity contribution >= 4 is 19.7 Å². The molecule has 0 saturated heterocycles. The zero-order valence-electron chi connectivity index (χ0n) is 11.2. The summed E-state index contributed by atoms with van der Waals surface area (Å²) in [6.45, 7) is 0. The van der Waals surface area contributed by atoms with Gasteiger partial charge in [-0.2, -0.15) is 0 Å². The molecule has 0 aliphatic rings. The van der Waals surface area contributed by atoms with Crippen molar-refractivity contribution in [3.05, 3.63) is 79.1 Å². The fraction of sp³-hybridized carbons (Fsp3) is 0. The van der Waals surface area contributed by atoms with Gasteiger partial charge < -0.3 is 0 Å². The summed E-state index contributed by atoms with van der Waals surface area (Å²) in [5.41, 5.74) is 0. The van der Waals surface area contributed by atoms with Crippen LogP contribution in [-0.4, -0.2) is 25.3 Å². The van der Waals surface area contributed by atoms with Crippen LogP contribution in [0.5, 0.6) is 11.8 Å². The van der Waals surface area contributed by atoms with E-state index in [9.17, 15) is 0 Å². The summed E-state index contributed by atoms with van der Waals surface area (Å²) < 4.78 is 13.0. The Balaban J connectivity index is 1.84.